The van der Waals surface area contributed by atoms with E-state index in [2.05, 4.69) is 11.8 Å². The molecular formula is C14H25NO4S. The summed E-state index contributed by atoms with van der Waals surface area (Å²) in [7, 11) is -2.96. The second-order valence-corrected chi connectivity index (χ2v) is 8.74. The highest BCUT2D eigenvalue weighted by Crippen LogP contribution is 2.32. The van der Waals surface area contributed by atoms with Crippen molar-refractivity contribution in [2.75, 3.05) is 12.8 Å². The van der Waals surface area contributed by atoms with E-state index in [9.17, 15) is 13.2 Å². The van der Waals surface area contributed by atoms with Crippen LogP contribution in [-0.4, -0.2) is 54.5 Å². The molecule has 0 aromatic heterocycles. The van der Waals surface area contributed by atoms with Crippen LogP contribution in [-0.2, 0) is 14.6 Å². The van der Waals surface area contributed by atoms with Crippen molar-refractivity contribution in [3.8, 4) is 0 Å². The van der Waals surface area contributed by atoms with E-state index in [1.54, 1.807) is 0 Å². The fourth-order valence-electron chi connectivity index (χ4n) is 3.77. The lowest BCUT2D eigenvalue weighted by Crippen LogP contribution is -2.50. The molecule has 4 unspecified atom stereocenters. The zero-order chi connectivity index (χ0) is 14.9. The Morgan fingerprint density at radius 1 is 1.20 bits per heavy atom. The van der Waals surface area contributed by atoms with E-state index in [-0.39, 0.29) is 17.2 Å². The maximum atomic E-state index is 11.7. The zero-order valence-electron chi connectivity index (χ0n) is 12.3. The second kappa shape index (κ2) is 6.02. The molecule has 2 fully saturated rings. The van der Waals surface area contributed by atoms with Crippen LogP contribution in [0, 0.1) is 5.92 Å². The van der Waals surface area contributed by atoms with Crippen molar-refractivity contribution in [2.45, 2.75) is 62.8 Å². The van der Waals surface area contributed by atoms with Crippen LogP contribution in [0.25, 0.3) is 0 Å². The van der Waals surface area contributed by atoms with Gasteiger partial charge in [-0.2, -0.15) is 0 Å². The van der Waals surface area contributed by atoms with Gasteiger partial charge < -0.3 is 5.11 Å². The van der Waals surface area contributed by atoms with Crippen LogP contribution in [0.4, 0.5) is 0 Å². The molecule has 1 heterocycles. The first kappa shape index (κ1) is 15.8. The summed E-state index contributed by atoms with van der Waals surface area (Å²) in [5, 5.41) is 8.89. The molecular weight excluding hydrogens is 278 g/mol. The van der Waals surface area contributed by atoms with Crippen LogP contribution >= 0.6 is 0 Å². The molecule has 1 aliphatic heterocycles. The molecule has 0 aromatic carbocycles. The van der Waals surface area contributed by atoms with Crippen LogP contribution in [0.15, 0.2) is 0 Å². The van der Waals surface area contributed by atoms with E-state index in [0.29, 0.717) is 25.3 Å². The predicted octanol–water partition coefficient (Wildman–Crippen LogP) is 1.53. The van der Waals surface area contributed by atoms with Crippen molar-refractivity contribution in [1.29, 1.82) is 0 Å². The van der Waals surface area contributed by atoms with E-state index in [4.69, 9.17) is 5.11 Å². The van der Waals surface area contributed by atoms with Crippen LogP contribution < -0.4 is 0 Å². The molecule has 0 bridgehead atoms. The average Bonchev–Trinajstić information content (AvgIpc) is 2.37. The first-order chi connectivity index (χ1) is 9.29. The highest BCUT2D eigenvalue weighted by atomic mass is 32.2. The van der Waals surface area contributed by atoms with Crippen LogP contribution in [0.3, 0.4) is 0 Å². The molecule has 1 saturated heterocycles. The average molecular weight is 303 g/mol. The van der Waals surface area contributed by atoms with Gasteiger partial charge in [-0.15, -0.1) is 0 Å². The van der Waals surface area contributed by atoms with Gasteiger partial charge in [-0.1, -0.05) is 6.42 Å². The molecule has 0 spiro atoms. The lowest BCUT2D eigenvalue weighted by Gasteiger charge is -2.44. The molecule has 20 heavy (non-hydrogen) atoms. The quantitative estimate of drug-likeness (QED) is 0.856. The topological polar surface area (TPSA) is 74.7 Å². The maximum Gasteiger partial charge on any atom is 0.306 e. The minimum Gasteiger partial charge on any atom is -0.481 e. The van der Waals surface area contributed by atoms with E-state index in [1.807, 2.05) is 0 Å². The Bertz CT molecular complexity index is 462. The van der Waals surface area contributed by atoms with Gasteiger partial charge in [-0.3, -0.25) is 9.69 Å². The minimum absolute atomic E-state index is 0.217. The number of likely N-dealkylation sites (tertiary alicyclic amines) is 1. The standard InChI is InChI=1S/C14H25NO4S/c1-10-8-11(14(16)17)6-7-15(10)12-4-3-5-13(9-12)20(2,18)19/h10-13H,3-9H2,1-2H3,(H,16,17). The molecule has 1 N–H and O–H groups in total. The molecule has 5 nitrogen and oxygen atoms in total. The normalized spacial score (nSPS) is 36.7. The van der Waals surface area contributed by atoms with E-state index >= 15 is 0 Å². The SMILES string of the molecule is CC1CC(C(=O)O)CCN1C1CCCC(S(C)(=O)=O)C1. The Morgan fingerprint density at radius 3 is 2.45 bits per heavy atom. The van der Waals surface area contributed by atoms with Gasteiger partial charge in [0.2, 0.25) is 0 Å². The summed E-state index contributed by atoms with van der Waals surface area (Å²) in [6.45, 7) is 2.85. The van der Waals surface area contributed by atoms with Crippen molar-refractivity contribution >= 4 is 15.8 Å². The smallest absolute Gasteiger partial charge is 0.306 e. The van der Waals surface area contributed by atoms with Gasteiger partial charge >= 0.3 is 5.97 Å². The first-order valence-corrected chi connectivity index (χ1v) is 9.42. The lowest BCUT2D eigenvalue weighted by molar-refractivity contribution is -0.144. The van der Waals surface area contributed by atoms with Crippen molar-refractivity contribution in [3.05, 3.63) is 0 Å². The Hall–Kier alpha value is -0.620. The summed E-state index contributed by atoms with van der Waals surface area (Å²) in [4.78, 5) is 13.4. The summed E-state index contributed by atoms with van der Waals surface area (Å²) in [6.07, 6.45) is 6.16. The van der Waals surface area contributed by atoms with Gasteiger partial charge in [0.05, 0.1) is 11.2 Å². The highest BCUT2D eigenvalue weighted by Gasteiger charge is 2.37. The summed E-state index contributed by atoms with van der Waals surface area (Å²) < 4.78 is 23.5. The Labute approximate surface area is 121 Å². The zero-order valence-corrected chi connectivity index (χ0v) is 13.1. The van der Waals surface area contributed by atoms with Crippen LogP contribution in [0.1, 0.15) is 45.4 Å². The van der Waals surface area contributed by atoms with E-state index < -0.39 is 15.8 Å². The van der Waals surface area contributed by atoms with Crippen molar-refractivity contribution in [2.24, 2.45) is 5.92 Å². The third-order valence-corrected chi connectivity index (χ3v) is 6.59. The number of aliphatic carboxylic acids is 1. The maximum absolute atomic E-state index is 11.7. The van der Waals surface area contributed by atoms with Crippen LogP contribution in [0.5, 0.6) is 0 Å². The van der Waals surface area contributed by atoms with Gasteiger partial charge in [0.1, 0.15) is 9.84 Å². The van der Waals surface area contributed by atoms with E-state index in [1.165, 1.54) is 6.26 Å². The van der Waals surface area contributed by atoms with Crippen molar-refractivity contribution in [1.82, 2.24) is 4.90 Å². The molecule has 1 aliphatic carbocycles. The Kier molecular flexibility index (Phi) is 4.74. The van der Waals surface area contributed by atoms with Crippen LogP contribution in [0.2, 0.25) is 0 Å². The number of carbonyl (C=O) groups is 1. The highest BCUT2D eigenvalue weighted by molar-refractivity contribution is 7.91. The molecule has 0 radical (unpaired) electrons. The molecule has 2 rings (SSSR count). The largest absolute Gasteiger partial charge is 0.481 e. The number of hydrogen-bond acceptors (Lipinski definition) is 4. The monoisotopic (exact) mass is 303 g/mol. The number of rotatable bonds is 3. The fraction of sp³-hybridized carbons (Fsp3) is 0.929. The molecule has 2 aliphatic rings. The first-order valence-electron chi connectivity index (χ1n) is 7.46. The van der Waals surface area contributed by atoms with Gasteiger partial charge in [0, 0.05) is 18.3 Å². The molecule has 1 saturated carbocycles. The summed E-state index contributed by atoms with van der Waals surface area (Å²) >= 11 is 0. The van der Waals surface area contributed by atoms with Crippen molar-refractivity contribution < 1.29 is 18.3 Å². The van der Waals surface area contributed by atoms with Gasteiger partial charge in [-0.25, -0.2) is 8.42 Å². The Balaban J connectivity index is 2.00. The van der Waals surface area contributed by atoms with E-state index in [0.717, 1.165) is 25.8 Å². The molecule has 6 heteroatoms. The number of hydrogen-bond donors (Lipinski definition) is 1. The van der Waals surface area contributed by atoms with Gasteiger partial charge in [0.25, 0.3) is 0 Å². The fourth-order valence-corrected chi connectivity index (χ4v) is 4.93. The molecule has 0 amide bonds. The number of carboxylic acids is 1. The number of carboxylic acid groups (broad SMARTS) is 1. The minimum atomic E-state index is -2.96. The van der Waals surface area contributed by atoms with Crippen molar-refractivity contribution in [3.63, 3.8) is 0 Å². The second-order valence-electron chi connectivity index (χ2n) is 6.42. The summed E-state index contributed by atoms with van der Waals surface area (Å²) in [6, 6.07) is 0.529. The number of nitrogens with zero attached hydrogens (tertiary/aromatic N) is 1. The van der Waals surface area contributed by atoms with Gasteiger partial charge in [-0.05, 0) is 45.6 Å². The summed E-state index contributed by atoms with van der Waals surface area (Å²) in [5.74, 6) is -0.940. The summed E-state index contributed by atoms with van der Waals surface area (Å²) in [5.41, 5.74) is 0. The number of piperidine rings is 1. The molecule has 4 atom stereocenters. The van der Waals surface area contributed by atoms with Gasteiger partial charge in [0.15, 0.2) is 0 Å². The number of sulfone groups is 1. The lowest BCUT2D eigenvalue weighted by atomic mass is 9.86. The molecule has 0 aromatic rings. The Morgan fingerprint density at radius 2 is 1.90 bits per heavy atom. The third kappa shape index (κ3) is 3.52. The predicted molar refractivity (Wildman–Crippen MR) is 77.4 cm³/mol. The third-order valence-electron chi connectivity index (χ3n) is 4.95. The molecule has 116 valence electrons.